The van der Waals surface area contributed by atoms with Crippen LogP contribution in [0, 0.1) is 10.7 Å². The summed E-state index contributed by atoms with van der Waals surface area (Å²) in [6.07, 6.45) is 4.03. The maximum atomic E-state index is 12.0. The minimum atomic E-state index is 0.117. The molecule has 0 aliphatic carbocycles. The Morgan fingerprint density at radius 2 is 1.76 bits per heavy atom. The molecular formula is C21H31N5O2S. The molecule has 3 rings (SSSR count). The van der Waals surface area contributed by atoms with E-state index in [0.717, 1.165) is 55.6 Å². The number of carbonyl (C=O) groups excluding carboxylic acids is 1. The third kappa shape index (κ3) is 5.91. The highest BCUT2D eigenvalue weighted by Crippen LogP contribution is 2.16. The molecule has 0 spiro atoms. The first kappa shape index (κ1) is 21.5. The topological polar surface area (TPSA) is 54.7 Å². The van der Waals surface area contributed by atoms with Gasteiger partial charge >= 0.3 is 0 Å². The predicted octanol–water partition coefficient (Wildman–Crippen LogP) is 2.36. The van der Waals surface area contributed by atoms with Gasteiger partial charge in [0.1, 0.15) is 5.75 Å². The number of ether oxygens (including phenoxy) is 1. The Kier molecular flexibility index (Phi) is 7.46. The lowest BCUT2D eigenvalue weighted by molar-refractivity contribution is -0.122. The standard InChI is InChI=1S/C21H31N5O2S/c1-17(2)14-22-20(27)15-23-8-10-24(11-9-23)16-25-12-13-26(21(25)29)18-4-6-19(28-3)7-5-18/h4-7,12-13,17H,8-11,14-16H2,1-3H3,(H,22,27). The SMILES string of the molecule is COc1ccc(-n2ccn(CN3CCN(CC(=O)NCC(C)C)CC3)c2=S)cc1. The van der Waals surface area contributed by atoms with E-state index in [1.54, 1.807) is 7.11 Å². The van der Waals surface area contributed by atoms with Gasteiger partial charge in [0.05, 0.1) is 20.3 Å². The molecule has 0 unspecified atom stereocenters. The van der Waals surface area contributed by atoms with E-state index in [2.05, 4.69) is 33.5 Å². The molecule has 0 saturated carbocycles. The summed E-state index contributed by atoms with van der Waals surface area (Å²) in [5, 5.41) is 2.99. The van der Waals surface area contributed by atoms with E-state index in [9.17, 15) is 4.79 Å². The lowest BCUT2D eigenvalue weighted by Gasteiger charge is -2.34. The van der Waals surface area contributed by atoms with E-state index < -0.39 is 0 Å². The summed E-state index contributed by atoms with van der Waals surface area (Å²) < 4.78 is 10.1. The van der Waals surface area contributed by atoms with E-state index >= 15 is 0 Å². The van der Waals surface area contributed by atoms with Crippen molar-refractivity contribution in [1.82, 2.24) is 24.3 Å². The first-order chi connectivity index (χ1) is 14.0. The molecule has 0 atom stereocenters. The average Bonchev–Trinajstić information content (AvgIpc) is 3.08. The summed E-state index contributed by atoms with van der Waals surface area (Å²) in [6.45, 7) is 9.81. The van der Waals surface area contributed by atoms with Crippen molar-refractivity contribution in [3.05, 3.63) is 41.4 Å². The molecule has 0 bridgehead atoms. The van der Waals surface area contributed by atoms with E-state index in [1.807, 2.05) is 41.2 Å². The van der Waals surface area contributed by atoms with Crippen molar-refractivity contribution < 1.29 is 9.53 Å². The lowest BCUT2D eigenvalue weighted by atomic mass is 10.2. The van der Waals surface area contributed by atoms with E-state index in [-0.39, 0.29) is 5.91 Å². The third-order valence-electron chi connectivity index (χ3n) is 5.09. The molecule has 29 heavy (non-hydrogen) atoms. The monoisotopic (exact) mass is 417 g/mol. The summed E-state index contributed by atoms with van der Waals surface area (Å²) in [4.78, 5) is 16.6. The molecule has 1 aliphatic rings. The van der Waals surface area contributed by atoms with Crippen molar-refractivity contribution in [3.8, 4) is 11.4 Å². The van der Waals surface area contributed by atoms with Crippen LogP contribution in [0.3, 0.4) is 0 Å². The highest BCUT2D eigenvalue weighted by Gasteiger charge is 2.19. The van der Waals surface area contributed by atoms with Gasteiger partial charge in [-0.05, 0) is 42.4 Å². The van der Waals surface area contributed by atoms with Gasteiger partial charge in [-0.25, -0.2) is 0 Å². The zero-order valence-corrected chi connectivity index (χ0v) is 18.3. The molecule has 1 N–H and O–H groups in total. The molecule has 158 valence electrons. The molecule has 0 radical (unpaired) electrons. The second kappa shape index (κ2) is 10.0. The van der Waals surface area contributed by atoms with Crippen LogP contribution in [0.5, 0.6) is 5.75 Å². The van der Waals surface area contributed by atoms with E-state index in [0.29, 0.717) is 12.5 Å². The molecule has 1 aliphatic heterocycles. The first-order valence-corrected chi connectivity index (χ1v) is 10.5. The highest BCUT2D eigenvalue weighted by molar-refractivity contribution is 7.71. The number of carbonyl (C=O) groups is 1. The Bertz CT molecular complexity index is 851. The van der Waals surface area contributed by atoms with Crippen LogP contribution < -0.4 is 10.1 Å². The number of piperazine rings is 1. The van der Waals surface area contributed by atoms with Crippen molar-refractivity contribution in [2.45, 2.75) is 20.5 Å². The number of rotatable bonds is 8. The predicted molar refractivity (Wildman–Crippen MR) is 117 cm³/mol. The average molecular weight is 418 g/mol. The van der Waals surface area contributed by atoms with E-state index in [1.165, 1.54) is 0 Å². The van der Waals surface area contributed by atoms with Gasteiger partial charge in [0.2, 0.25) is 5.91 Å². The molecule has 1 fully saturated rings. The number of hydrogen-bond donors (Lipinski definition) is 1. The van der Waals surface area contributed by atoms with Crippen LogP contribution in [0.2, 0.25) is 0 Å². The summed E-state index contributed by atoms with van der Waals surface area (Å²) in [5.74, 6) is 1.42. The van der Waals surface area contributed by atoms with Gasteiger partial charge in [-0.2, -0.15) is 0 Å². The molecular weight excluding hydrogens is 386 g/mol. The van der Waals surface area contributed by atoms with Crippen molar-refractivity contribution in [2.24, 2.45) is 5.92 Å². The van der Waals surface area contributed by atoms with Gasteiger partial charge < -0.3 is 14.6 Å². The number of hydrogen-bond acceptors (Lipinski definition) is 5. The van der Waals surface area contributed by atoms with Crippen LogP contribution in [0.4, 0.5) is 0 Å². The fraction of sp³-hybridized carbons (Fsp3) is 0.524. The molecule has 1 amide bonds. The summed E-state index contributed by atoms with van der Waals surface area (Å²) >= 11 is 5.67. The number of amides is 1. The zero-order chi connectivity index (χ0) is 20.8. The molecule has 1 saturated heterocycles. The molecule has 8 heteroatoms. The van der Waals surface area contributed by atoms with Gasteiger partial charge in [0, 0.05) is 50.8 Å². The van der Waals surface area contributed by atoms with Crippen molar-refractivity contribution in [1.29, 1.82) is 0 Å². The Balaban J connectivity index is 1.51. The minimum absolute atomic E-state index is 0.117. The first-order valence-electron chi connectivity index (χ1n) is 10.1. The van der Waals surface area contributed by atoms with Crippen LogP contribution in [-0.2, 0) is 11.5 Å². The van der Waals surface area contributed by atoms with Crippen LogP contribution in [0.15, 0.2) is 36.7 Å². The Morgan fingerprint density at radius 3 is 2.38 bits per heavy atom. The third-order valence-corrected chi connectivity index (χ3v) is 5.52. The summed E-state index contributed by atoms with van der Waals surface area (Å²) in [6, 6.07) is 7.88. The highest BCUT2D eigenvalue weighted by atomic mass is 32.1. The fourth-order valence-electron chi connectivity index (χ4n) is 3.34. The molecule has 2 aromatic rings. The zero-order valence-electron chi connectivity index (χ0n) is 17.5. The number of nitrogens with one attached hydrogen (secondary N) is 1. The Labute approximate surface area is 177 Å². The maximum Gasteiger partial charge on any atom is 0.234 e. The van der Waals surface area contributed by atoms with Crippen LogP contribution in [0.25, 0.3) is 5.69 Å². The molecule has 7 nitrogen and oxygen atoms in total. The minimum Gasteiger partial charge on any atom is -0.497 e. The van der Waals surface area contributed by atoms with Crippen LogP contribution >= 0.6 is 12.2 Å². The molecule has 1 aromatic heterocycles. The van der Waals surface area contributed by atoms with Crippen LogP contribution in [-0.4, -0.2) is 71.2 Å². The number of imidazole rings is 1. The summed E-state index contributed by atoms with van der Waals surface area (Å²) in [7, 11) is 1.66. The number of aromatic nitrogens is 2. The Morgan fingerprint density at radius 1 is 1.10 bits per heavy atom. The van der Waals surface area contributed by atoms with Crippen molar-refractivity contribution >= 4 is 18.1 Å². The number of benzene rings is 1. The second-order valence-corrected chi connectivity index (χ2v) is 8.22. The van der Waals surface area contributed by atoms with Gasteiger partial charge in [0.15, 0.2) is 4.77 Å². The van der Waals surface area contributed by atoms with Crippen molar-refractivity contribution in [2.75, 3.05) is 46.4 Å². The Hall–Kier alpha value is -2.16. The van der Waals surface area contributed by atoms with Gasteiger partial charge in [0.25, 0.3) is 0 Å². The summed E-state index contributed by atoms with van der Waals surface area (Å²) in [5.41, 5.74) is 1.02. The smallest absolute Gasteiger partial charge is 0.234 e. The largest absolute Gasteiger partial charge is 0.497 e. The normalized spacial score (nSPS) is 15.6. The lowest BCUT2D eigenvalue weighted by Crippen LogP contribution is -2.49. The maximum absolute atomic E-state index is 12.0. The fourth-order valence-corrected chi connectivity index (χ4v) is 3.63. The van der Waals surface area contributed by atoms with Gasteiger partial charge in [-0.3, -0.25) is 19.2 Å². The van der Waals surface area contributed by atoms with Gasteiger partial charge in [-0.1, -0.05) is 13.8 Å². The molecule has 1 aromatic carbocycles. The number of methoxy groups -OCH3 is 1. The van der Waals surface area contributed by atoms with E-state index in [4.69, 9.17) is 17.0 Å². The van der Waals surface area contributed by atoms with Crippen molar-refractivity contribution in [3.63, 3.8) is 0 Å². The second-order valence-electron chi connectivity index (χ2n) is 7.85. The van der Waals surface area contributed by atoms with Gasteiger partial charge in [-0.15, -0.1) is 0 Å². The van der Waals surface area contributed by atoms with Crippen LogP contribution in [0.1, 0.15) is 13.8 Å². The quantitative estimate of drug-likeness (QED) is 0.669. The molecule has 2 heterocycles. The number of nitrogens with zero attached hydrogens (tertiary/aromatic N) is 4.